The molecule has 0 spiro atoms. The van der Waals surface area contributed by atoms with Crippen molar-refractivity contribution in [3.8, 4) is 5.75 Å². The number of carbonyl (C=O) groups excluding carboxylic acids is 2. The van der Waals surface area contributed by atoms with Crippen LogP contribution in [0.1, 0.15) is 36.0 Å². The number of nitrogens with zero attached hydrogens (tertiary/aromatic N) is 2. The summed E-state index contributed by atoms with van der Waals surface area (Å²) in [5, 5.41) is 4.05. The lowest BCUT2D eigenvalue weighted by Crippen LogP contribution is -2.46. The van der Waals surface area contributed by atoms with Crippen molar-refractivity contribution in [3.05, 3.63) is 58.3 Å². The Kier molecular flexibility index (Phi) is 7.72. The molecule has 0 aliphatic carbocycles. The fourth-order valence-electron chi connectivity index (χ4n) is 3.21. The van der Waals surface area contributed by atoms with Crippen LogP contribution in [0.15, 0.2) is 42.7 Å². The number of benzene rings is 1. The molecule has 29 heavy (non-hydrogen) atoms. The Hall–Kier alpha value is -2.31. The van der Waals surface area contributed by atoms with E-state index in [1.54, 1.807) is 42.7 Å². The lowest BCUT2D eigenvalue weighted by atomic mass is 10.0. The second-order valence-electron chi connectivity index (χ2n) is 6.90. The lowest BCUT2D eigenvalue weighted by Gasteiger charge is -2.32. The van der Waals surface area contributed by atoms with Crippen molar-refractivity contribution >= 4 is 35.0 Å². The number of amides is 2. The monoisotopic (exact) mass is 435 g/mol. The van der Waals surface area contributed by atoms with Gasteiger partial charge in [-0.3, -0.25) is 14.6 Å². The third kappa shape index (κ3) is 6.34. The molecule has 3 rings (SSSR count). The summed E-state index contributed by atoms with van der Waals surface area (Å²) >= 11 is 11.9. The zero-order valence-corrected chi connectivity index (χ0v) is 17.5. The number of aromatic nitrogens is 1. The maximum Gasteiger partial charge on any atom is 0.253 e. The van der Waals surface area contributed by atoms with Crippen LogP contribution in [-0.2, 0) is 4.79 Å². The molecule has 2 aromatic rings. The molecule has 2 heterocycles. The molecule has 6 nitrogen and oxygen atoms in total. The van der Waals surface area contributed by atoms with Gasteiger partial charge in [-0.2, -0.15) is 0 Å². The minimum absolute atomic E-state index is 0.00490. The molecule has 1 aromatic carbocycles. The smallest absolute Gasteiger partial charge is 0.253 e. The number of piperidine rings is 1. The zero-order valence-electron chi connectivity index (χ0n) is 15.9. The second-order valence-corrected chi connectivity index (χ2v) is 7.74. The predicted molar refractivity (Wildman–Crippen MR) is 112 cm³/mol. The van der Waals surface area contributed by atoms with Crippen molar-refractivity contribution in [3.63, 3.8) is 0 Å². The molecule has 0 atom stereocenters. The summed E-state index contributed by atoms with van der Waals surface area (Å²) in [5.41, 5.74) is 0.642. The topological polar surface area (TPSA) is 71.5 Å². The van der Waals surface area contributed by atoms with E-state index >= 15 is 0 Å². The maximum absolute atomic E-state index is 12.4. The van der Waals surface area contributed by atoms with Gasteiger partial charge in [0.15, 0.2) is 0 Å². The Morgan fingerprint density at radius 2 is 1.86 bits per heavy atom. The van der Waals surface area contributed by atoms with Gasteiger partial charge in [-0.1, -0.05) is 23.2 Å². The molecule has 0 radical (unpaired) electrons. The molecular weight excluding hydrogens is 413 g/mol. The summed E-state index contributed by atoms with van der Waals surface area (Å²) in [6.45, 7) is 1.65. The first-order chi connectivity index (χ1) is 14.0. The third-order valence-corrected chi connectivity index (χ3v) is 5.30. The summed E-state index contributed by atoms with van der Waals surface area (Å²) in [4.78, 5) is 30.4. The first-order valence-corrected chi connectivity index (χ1v) is 10.3. The van der Waals surface area contributed by atoms with Crippen molar-refractivity contribution in [1.29, 1.82) is 0 Å². The summed E-state index contributed by atoms with van der Waals surface area (Å²) in [6, 6.07) is 8.57. The fourth-order valence-corrected chi connectivity index (χ4v) is 3.67. The number of rotatable bonds is 7. The number of ether oxygens (including phenoxy) is 1. The van der Waals surface area contributed by atoms with Crippen molar-refractivity contribution in [1.82, 2.24) is 15.2 Å². The number of likely N-dealkylation sites (tertiary alicyclic amines) is 1. The third-order valence-electron chi connectivity index (χ3n) is 4.77. The van der Waals surface area contributed by atoms with Gasteiger partial charge in [0, 0.05) is 48.5 Å². The van der Waals surface area contributed by atoms with E-state index in [1.165, 1.54) is 0 Å². The first-order valence-electron chi connectivity index (χ1n) is 9.59. The van der Waals surface area contributed by atoms with Crippen molar-refractivity contribution in [2.45, 2.75) is 31.7 Å². The Labute approximate surface area is 180 Å². The van der Waals surface area contributed by atoms with Crippen molar-refractivity contribution < 1.29 is 14.3 Å². The first kappa shape index (κ1) is 21.4. The van der Waals surface area contributed by atoms with Gasteiger partial charge in [0.25, 0.3) is 5.91 Å². The predicted octanol–water partition coefficient (Wildman–Crippen LogP) is 3.97. The largest absolute Gasteiger partial charge is 0.492 e. The maximum atomic E-state index is 12.4. The van der Waals surface area contributed by atoms with Crippen molar-refractivity contribution in [2.75, 3.05) is 19.7 Å². The number of halogens is 2. The SMILES string of the molecule is O=C(CCCOc1ccc(Cl)cc1Cl)NC1CCN(C(=O)c2ccncc2)CC1. The molecule has 1 aromatic heterocycles. The normalized spacial score (nSPS) is 14.5. The van der Waals surface area contributed by atoms with Gasteiger partial charge in [-0.25, -0.2) is 0 Å². The quantitative estimate of drug-likeness (QED) is 0.667. The van der Waals surface area contributed by atoms with E-state index in [0.29, 0.717) is 53.9 Å². The van der Waals surface area contributed by atoms with E-state index in [1.807, 2.05) is 4.90 Å². The zero-order chi connectivity index (χ0) is 20.6. The molecule has 0 unspecified atom stereocenters. The van der Waals surface area contributed by atoms with Gasteiger partial charge in [-0.15, -0.1) is 0 Å². The van der Waals surface area contributed by atoms with E-state index in [0.717, 1.165) is 12.8 Å². The van der Waals surface area contributed by atoms with Crippen LogP contribution in [0, 0.1) is 0 Å². The van der Waals surface area contributed by atoms with Crippen LogP contribution in [-0.4, -0.2) is 47.4 Å². The lowest BCUT2D eigenvalue weighted by molar-refractivity contribution is -0.122. The molecule has 1 N–H and O–H groups in total. The Bertz CT molecular complexity index is 840. The Balaban J connectivity index is 1.34. The molecule has 1 fully saturated rings. The number of nitrogens with one attached hydrogen (secondary N) is 1. The van der Waals surface area contributed by atoms with Gasteiger partial charge in [0.2, 0.25) is 5.91 Å². The van der Waals surface area contributed by atoms with E-state index in [-0.39, 0.29) is 17.9 Å². The van der Waals surface area contributed by atoms with Crippen LogP contribution in [0.2, 0.25) is 10.0 Å². The molecular formula is C21H23Cl2N3O3. The standard InChI is InChI=1S/C21H23Cl2N3O3/c22-16-3-4-19(18(23)14-16)29-13-1-2-20(27)25-17-7-11-26(12-8-17)21(28)15-5-9-24-10-6-15/h3-6,9-10,14,17H,1-2,7-8,11-13H2,(H,25,27). The average Bonchev–Trinajstić information content (AvgIpc) is 2.73. The number of pyridine rings is 1. The number of carbonyl (C=O) groups is 2. The highest BCUT2D eigenvalue weighted by Crippen LogP contribution is 2.27. The molecule has 0 bridgehead atoms. The van der Waals surface area contributed by atoms with Gasteiger partial charge in [0.1, 0.15) is 5.75 Å². The van der Waals surface area contributed by atoms with Gasteiger partial charge in [0.05, 0.1) is 11.6 Å². The van der Waals surface area contributed by atoms with Crippen LogP contribution in [0.5, 0.6) is 5.75 Å². The highest BCUT2D eigenvalue weighted by molar-refractivity contribution is 6.35. The molecule has 154 valence electrons. The average molecular weight is 436 g/mol. The van der Waals surface area contributed by atoms with Crippen molar-refractivity contribution in [2.24, 2.45) is 0 Å². The van der Waals surface area contributed by atoms with Gasteiger partial charge in [-0.05, 0) is 49.6 Å². The molecule has 1 aliphatic rings. The second kappa shape index (κ2) is 10.5. The number of hydrogen-bond donors (Lipinski definition) is 1. The van der Waals surface area contributed by atoms with Gasteiger partial charge < -0.3 is 15.0 Å². The Morgan fingerprint density at radius 3 is 2.55 bits per heavy atom. The highest BCUT2D eigenvalue weighted by Gasteiger charge is 2.24. The van der Waals surface area contributed by atoms with E-state index in [2.05, 4.69) is 10.3 Å². The summed E-state index contributed by atoms with van der Waals surface area (Å²) in [5.74, 6) is 0.563. The van der Waals surface area contributed by atoms with Crippen LogP contribution >= 0.6 is 23.2 Å². The molecule has 8 heteroatoms. The van der Waals surface area contributed by atoms with Crippen LogP contribution in [0.25, 0.3) is 0 Å². The summed E-state index contributed by atoms with van der Waals surface area (Å²) in [6.07, 6.45) is 5.69. The van der Waals surface area contributed by atoms with E-state index in [4.69, 9.17) is 27.9 Å². The minimum Gasteiger partial charge on any atom is -0.492 e. The van der Waals surface area contributed by atoms with Crippen LogP contribution in [0.4, 0.5) is 0 Å². The molecule has 0 saturated carbocycles. The molecule has 1 saturated heterocycles. The van der Waals surface area contributed by atoms with Crippen LogP contribution < -0.4 is 10.1 Å². The summed E-state index contributed by atoms with van der Waals surface area (Å²) < 4.78 is 5.60. The Morgan fingerprint density at radius 1 is 1.14 bits per heavy atom. The minimum atomic E-state index is -0.00490. The van der Waals surface area contributed by atoms with Gasteiger partial charge >= 0.3 is 0 Å². The fraction of sp³-hybridized carbons (Fsp3) is 0.381. The van der Waals surface area contributed by atoms with E-state index < -0.39 is 0 Å². The summed E-state index contributed by atoms with van der Waals surface area (Å²) in [7, 11) is 0. The van der Waals surface area contributed by atoms with Crippen LogP contribution in [0.3, 0.4) is 0 Å². The molecule has 1 aliphatic heterocycles. The highest BCUT2D eigenvalue weighted by atomic mass is 35.5. The van der Waals surface area contributed by atoms with E-state index in [9.17, 15) is 9.59 Å². The molecule has 2 amide bonds. The number of hydrogen-bond acceptors (Lipinski definition) is 4.